The number of ether oxygens (including phenoxy) is 1. The number of alkyl halides is 1. The minimum absolute atomic E-state index is 0.0518. The van der Waals surface area contributed by atoms with Crippen molar-refractivity contribution in [3.8, 4) is 5.75 Å². The smallest absolute Gasteiger partial charge is 0.271 e. The first kappa shape index (κ1) is 14.8. The van der Waals surface area contributed by atoms with Gasteiger partial charge in [-0.1, -0.05) is 51.8 Å². The van der Waals surface area contributed by atoms with Crippen molar-refractivity contribution in [1.29, 1.82) is 0 Å². The quantitative estimate of drug-likeness (QED) is 0.442. The van der Waals surface area contributed by atoms with Crippen LogP contribution in [0.4, 0.5) is 5.69 Å². The van der Waals surface area contributed by atoms with Gasteiger partial charge in [0.05, 0.1) is 9.95 Å². The Morgan fingerprint density at radius 1 is 1.15 bits per heavy atom. The maximum atomic E-state index is 10.6. The van der Waals surface area contributed by atoms with Crippen LogP contribution in [0.5, 0.6) is 5.75 Å². The van der Waals surface area contributed by atoms with E-state index in [1.54, 1.807) is 0 Å². The van der Waals surface area contributed by atoms with Crippen LogP contribution in [0.1, 0.15) is 11.1 Å². The lowest BCUT2D eigenvalue weighted by Crippen LogP contribution is -1.97. The number of halogens is 2. The third kappa shape index (κ3) is 3.71. The molecule has 0 spiro atoms. The summed E-state index contributed by atoms with van der Waals surface area (Å²) in [7, 11) is 0. The topological polar surface area (TPSA) is 52.4 Å². The molecule has 0 radical (unpaired) electrons. The van der Waals surface area contributed by atoms with Crippen LogP contribution in [0.15, 0.2) is 42.5 Å². The van der Waals surface area contributed by atoms with Crippen LogP contribution < -0.4 is 4.74 Å². The highest BCUT2D eigenvalue weighted by atomic mass is 79.9. The average Bonchev–Trinajstić information content (AvgIpc) is 2.46. The maximum absolute atomic E-state index is 10.6. The van der Waals surface area contributed by atoms with Gasteiger partial charge in [-0.25, -0.2) is 0 Å². The van der Waals surface area contributed by atoms with E-state index in [2.05, 4.69) is 15.9 Å². The Morgan fingerprint density at radius 2 is 1.80 bits per heavy atom. The number of non-ortho nitro benzene ring substituents is 1. The van der Waals surface area contributed by atoms with Crippen molar-refractivity contribution in [2.45, 2.75) is 11.9 Å². The molecule has 0 saturated carbocycles. The number of nitrogens with zero attached hydrogens (tertiary/aromatic N) is 1. The maximum Gasteiger partial charge on any atom is 0.271 e. The van der Waals surface area contributed by atoms with Gasteiger partial charge in [0.1, 0.15) is 12.4 Å². The fourth-order valence-electron chi connectivity index (χ4n) is 1.61. The highest BCUT2D eigenvalue weighted by Crippen LogP contribution is 2.29. The predicted molar refractivity (Wildman–Crippen MR) is 81.5 cm³/mol. The number of rotatable bonds is 5. The second kappa shape index (κ2) is 6.72. The van der Waals surface area contributed by atoms with Crippen molar-refractivity contribution >= 4 is 33.2 Å². The summed E-state index contributed by atoms with van der Waals surface area (Å²) in [5, 5.41) is 11.6. The predicted octanol–water partition coefficient (Wildman–Crippen LogP) is 4.72. The zero-order valence-corrected chi connectivity index (χ0v) is 12.7. The minimum Gasteiger partial charge on any atom is -0.487 e. The Bertz CT molecular complexity index is 616. The molecule has 0 aliphatic rings. The van der Waals surface area contributed by atoms with E-state index >= 15 is 0 Å². The molecule has 4 nitrogen and oxygen atoms in total. The zero-order valence-electron chi connectivity index (χ0n) is 10.4. The Hall–Kier alpha value is -1.59. The molecule has 20 heavy (non-hydrogen) atoms. The Morgan fingerprint density at radius 3 is 2.35 bits per heavy atom. The first-order valence-electron chi connectivity index (χ1n) is 5.80. The molecule has 2 aromatic carbocycles. The standard InChI is InChI=1S/C14H11BrClNO3/c15-8-10-1-3-11(4-2-10)9-20-14-6-5-12(17(18)19)7-13(14)16/h1-7H,8-9H2. The molecule has 0 N–H and O–H groups in total. The fourth-order valence-corrected chi connectivity index (χ4v) is 2.21. The van der Waals surface area contributed by atoms with Crippen LogP contribution in [0.2, 0.25) is 5.02 Å². The van der Waals surface area contributed by atoms with Gasteiger partial charge in [0.15, 0.2) is 0 Å². The van der Waals surface area contributed by atoms with Crippen molar-refractivity contribution in [2.75, 3.05) is 0 Å². The minimum atomic E-state index is -0.491. The monoisotopic (exact) mass is 355 g/mol. The third-order valence-corrected chi connectivity index (χ3v) is 3.64. The van der Waals surface area contributed by atoms with Gasteiger partial charge in [0.2, 0.25) is 0 Å². The molecular weight excluding hydrogens is 346 g/mol. The van der Waals surface area contributed by atoms with Crippen molar-refractivity contribution in [2.24, 2.45) is 0 Å². The van der Waals surface area contributed by atoms with E-state index in [1.807, 2.05) is 24.3 Å². The molecule has 0 aliphatic heterocycles. The molecule has 0 fully saturated rings. The molecule has 0 aliphatic carbocycles. The van der Waals surface area contributed by atoms with E-state index in [1.165, 1.54) is 23.8 Å². The summed E-state index contributed by atoms with van der Waals surface area (Å²) in [5.74, 6) is 0.432. The van der Waals surface area contributed by atoms with Gasteiger partial charge in [0, 0.05) is 17.5 Å². The van der Waals surface area contributed by atoms with Crippen LogP contribution in [0.25, 0.3) is 0 Å². The highest BCUT2D eigenvalue weighted by molar-refractivity contribution is 9.08. The molecule has 0 unspecified atom stereocenters. The Kier molecular flexibility index (Phi) is 4.98. The normalized spacial score (nSPS) is 10.3. The Balaban J connectivity index is 2.04. The van der Waals surface area contributed by atoms with Crippen molar-refractivity contribution in [3.63, 3.8) is 0 Å². The van der Waals surface area contributed by atoms with Crippen LogP contribution in [-0.4, -0.2) is 4.92 Å². The van der Waals surface area contributed by atoms with E-state index < -0.39 is 4.92 Å². The van der Waals surface area contributed by atoms with Gasteiger partial charge in [0.25, 0.3) is 5.69 Å². The molecule has 0 bridgehead atoms. The summed E-state index contributed by atoms with van der Waals surface area (Å²) in [6, 6.07) is 12.1. The van der Waals surface area contributed by atoms with Gasteiger partial charge in [-0.15, -0.1) is 0 Å². The molecule has 2 aromatic rings. The molecule has 104 valence electrons. The van der Waals surface area contributed by atoms with Gasteiger partial charge >= 0.3 is 0 Å². The van der Waals surface area contributed by atoms with Gasteiger partial charge in [-0.05, 0) is 17.2 Å². The average molecular weight is 357 g/mol. The lowest BCUT2D eigenvalue weighted by Gasteiger charge is -2.08. The zero-order chi connectivity index (χ0) is 14.5. The molecule has 0 atom stereocenters. The summed E-state index contributed by atoms with van der Waals surface area (Å²) < 4.78 is 5.56. The summed E-state index contributed by atoms with van der Waals surface area (Å²) in [4.78, 5) is 10.1. The number of nitro groups is 1. The number of hydrogen-bond donors (Lipinski definition) is 0. The number of benzene rings is 2. The van der Waals surface area contributed by atoms with Crippen LogP contribution >= 0.6 is 27.5 Å². The van der Waals surface area contributed by atoms with Crippen molar-refractivity contribution in [3.05, 3.63) is 68.7 Å². The largest absolute Gasteiger partial charge is 0.487 e. The molecule has 0 heterocycles. The van der Waals surface area contributed by atoms with Gasteiger partial charge in [-0.2, -0.15) is 0 Å². The second-order valence-corrected chi connectivity index (χ2v) is 5.08. The third-order valence-electron chi connectivity index (χ3n) is 2.70. The van der Waals surface area contributed by atoms with Gasteiger partial charge in [-0.3, -0.25) is 10.1 Å². The molecule has 2 rings (SSSR count). The second-order valence-electron chi connectivity index (χ2n) is 4.11. The fraction of sp³-hybridized carbons (Fsp3) is 0.143. The first-order chi connectivity index (χ1) is 9.60. The van der Waals surface area contributed by atoms with E-state index in [9.17, 15) is 10.1 Å². The lowest BCUT2D eigenvalue weighted by atomic mass is 10.2. The molecule has 6 heteroatoms. The number of nitro benzene ring substituents is 1. The van der Waals surface area contributed by atoms with E-state index in [4.69, 9.17) is 16.3 Å². The molecule has 0 aromatic heterocycles. The molecular formula is C14H11BrClNO3. The lowest BCUT2D eigenvalue weighted by molar-refractivity contribution is -0.384. The SMILES string of the molecule is O=[N+]([O-])c1ccc(OCc2ccc(CBr)cc2)c(Cl)c1. The van der Waals surface area contributed by atoms with Crippen LogP contribution in [0, 0.1) is 10.1 Å². The van der Waals surface area contributed by atoms with Crippen molar-refractivity contribution in [1.82, 2.24) is 0 Å². The summed E-state index contributed by atoms with van der Waals surface area (Å²) in [6.45, 7) is 0.361. The summed E-state index contributed by atoms with van der Waals surface area (Å²) >= 11 is 9.33. The van der Waals surface area contributed by atoms with Gasteiger partial charge < -0.3 is 4.74 Å². The number of hydrogen-bond acceptors (Lipinski definition) is 3. The van der Waals surface area contributed by atoms with E-state index in [0.717, 1.165) is 10.9 Å². The first-order valence-corrected chi connectivity index (χ1v) is 7.30. The highest BCUT2D eigenvalue weighted by Gasteiger charge is 2.10. The van der Waals surface area contributed by atoms with E-state index in [0.29, 0.717) is 12.4 Å². The summed E-state index contributed by atoms with van der Waals surface area (Å²) in [5.41, 5.74) is 2.13. The van der Waals surface area contributed by atoms with Crippen LogP contribution in [0.3, 0.4) is 0 Å². The Labute approximate surface area is 129 Å². The van der Waals surface area contributed by atoms with Crippen molar-refractivity contribution < 1.29 is 9.66 Å². The summed E-state index contributed by atoms with van der Waals surface area (Å²) in [6.07, 6.45) is 0. The van der Waals surface area contributed by atoms with Crippen LogP contribution in [-0.2, 0) is 11.9 Å². The molecule has 0 amide bonds. The van der Waals surface area contributed by atoms with E-state index in [-0.39, 0.29) is 10.7 Å². The molecule has 0 saturated heterocycles.